The Morgan fingerprint density at radius 2 is 1.67 bits per heavy atom. The van der Waals surface area contributed by atoms with Gasteiger partial charge in [0.05, 0.1) is 7.11 Å². The van der Waals surface area contributed by atoms with E-state index in [4.69, 9.17) is 0 Å². The molecule has 0 unspecified atom stereocenters. The molecule has 0 saturated carbocycles. The van der Waals surface area contributed by atoms with E-state index in [0.717, 1.165) is 16.7 Å². The highest BCUT2D eigenvalue weighted by atomic mass is 16.5. The smallest absolute Gasteiger partial charge is 0.330 e. The van der Waals surface area contributed by atoms with Crippen LogP contribution in [0.1, 0.15) is 54.9 Å². The summed E-state index contributed by atoms with van der Waals surface area (Å²) in [5.41, 5.74) is 2.40. The van der Waals surface area contributed by atoms with Gasteiger partial charge in [0.25, 0.3) is 0 Å². The van der Waals surface area contributed by atoms with Crippen LogP contribution in [-0.4, -0.2) is 18.9 Å². The highest BCUT2D eigenvalue weighted by Crippen LogP contribution is 2.47. The molecule has 0 heterocycles. The number of ketones is 1. The summed E-state index contributed by atoms with van der Waals surface area (Å²) in [7, 11) is 1.35. The van der Waals surface area contributed by atoms with Crippen molar-refractivity contribution in [3.63, 3.8) is 0 Å². The second kappa shape index (κ2) is 10.7. The van der Waals surface area contributed by atoms with E-state index in [1.807, 2.05) is 51.2 Å². The molecule has 0 aromatic rings. The molecular formula is C27H32O3. The van der Waals surface area contributed by atoms with Crippen molar-refractivity contribution in [3.8, 4) is 23.7 Å². The van der Waals surface area contributed by atoms with Gasteiger partial charge in [-0.05, 0) is 63.2 Å². The Balaban J connectivity index is 3.20. The maximum absolute atomic E-state index is 13.2. The SMILES string of the molecule is CC#CC1(C#CC)CC(C)(C)C(/C=C/C(C)=C/C=C/C(C)=C/C(=O)OC)=C(C)C1=O. The van der Waals surface area contributed by atoms with Crippen LogP contribution >= 0.6 is 0 Å². The summed E-state index contributed by atoms with van der Waals surface area (Å²) in [6.07, 6.45) is 11.7. The molecule has 0 spiro atoms. The van der Waals surface area contributed by atoms with Gasteiger partial charge >= 0.3 is 5.97 Å². The number of methoxy groups -OCH3 is 1. The minimum atomic E-state index is -0.925. The van der Waals surface area contributed by atoms with E-state index in [2.05, 4.69) is 42.3 Å². The van der Waals surface area contributed by atoms with Crippen molar-refractivity contribution < 1.29 is 14.3 Å². The standard InChI is InChI=1S/C27H32O3/c1-9-16-27(17-10-2)19-26(6,7)23(22(5)25(27)29)15-14-20(3)12-11-13-21(4)18-24(28)30-8/h11-15,18H,19H2,1-8H3/b13-11+,15-14+,20-12+,21-18+. The largest absolute Gasteiger partial charge is 0.466 e. The van der Waals surface area contributed by atoms with E-state index in [-0.39, 0.29) is 17.2 Å². The lowest BCUT2D eigenvalue weighted by molar-refractivity contribution is -0.134. The summed E-state index contributed by atoms with van der Waals surface area (Å²) >= 11 is 0. The van der Waals surface area contributed by atoms with Crippen LogP contribution < -0.4 is 0 Å². The Morgan fingerprint density at radius 1 is 1.07 bits per heavy atom. The van der Waals surface area contributed by atoms with E-state index in [1.165, 1.54) is 13.2 Å². The Kier molecular flexibility index (Phi) is 8.88. The highest BCUT2D eigenvalue weighted by molar-refractivity contribution is 6.06. The van der Waals surface area contributed by atoms with Crippen molar-refractivity contribution in [3.05, 3.63) is 58.7 Å². The van der Waals surface area contributed by atoms with Crippen LogP contribution in [0, 0.1) is 34.5 Å². The van der Waals surface area contributed by atoms with Crippen LogP contribution in [0.2, 0.25) is 0 Å². The summed E-state index contributed by atoms with van der Waals surface area (Å²) in [6.45, 7) is 13.4. The summed E-state index contributed by atoms with van der Waals surface area (Å²) < 4.78 is 4.61. The van der Waals surface area contributed by atoms with Crippen molar-refractivity contribution >= 4 is 11.8 Å². The molecule has 0 fully saturated rings. The molecule has 0 amide bonds. The molecule has 0 N–H and O–H groups in total. The number of Topliss-reactive ketones (excluding diaryl/α,β-unsaturated/α-hetero) is 1. The second-order valence-corrected chi connectivity index (χ2v) is 8.10. The molecule has 0 aromatic heterocycles. The lowest BCUT2D eigenvalue weighted by Crippen LogP contribution is -2.40. The van der Waals surface area contributed by atoms with Crippen LogP contribution in [0.3, 0.4) is 0 Å². The first-order valence-electron chi connectivity index (χ1n) is 9.96. The van der Waals surface area contributed by atoms with Crippen molar-refractivity contribution in [2.24, 2.45) is 10.8 Å². The highest BCUT2D eigenvalue weighted by Gasteiger charge is 2.47. The maximum Gasteiger partial charge on any atom is 0.330 e. The molecule has 158 valence electrons. The molecule has 0 atom stereocenters. The van der Waals surface area contributed by atoms with E-state index in [9.17, 15) is 9.59 Å². The summed E-state index contributed by atoms with van der Waals surface area (Å²) in [5, 5.41) is 0. The third-order valence-corrected chi connectivity index (χ3v) is 5.02. The van der Waals surface area contributed by atoms with Gasteiger partial charge in [0.2, 0.25) is 0 Å². The van der Waals surface area contributed by atoms with Crippen LogP contribution in [-0.2, 0) is 14.3 Å². The molecular weight excluding hydrogens is 372 g/mol. The number of hydrogen-bond donors (Lipinski definition) is 0. The van der Waals surface area contributed by atoms with Crippen molar-refractivity contribution in [2.75, 3.05) is 7.11 Å². The Bertz CT molecular complexity index is 951. The van der Waals surface area contributed by atoms with E-state index >= 15 is 0 Å². The average molecular weight is 405 g/mol. The lowest BCUT2D eigenvalue weighted by Gasteiger charge is -2.39. The first-order chi connectivity index (χ1) is 14.0. The van der Waals surface area contributed by atoms with Crippen molar-refractivity contribution in [1.29, 1.82) is 0 Å². The summed E-state index contributed by atoms with van der Waals surface area (Å²) in [4.78, 5) is 24.4. The molecule has 1 aliphatic carbocycles. The average Bonchev–Trinajstić information content (AvgIpc) is 2.66. The fourth-order valence-corrected chi connectivity index (χ4v) is 3.71. The molecule has 0 radical (unpaired) electrons. The van der Waals surface area contributed by atoms with Crippen LogP contribution in [0.5, 0.6) is 0 Å². The summed E-state index contributed by atoms with van der Waals surface area (Å²) in [6, 6.07) is 0. The zero-order chi connectivity index (χ0) is 22.9. The fourth-order valence-electron chi connectivity index (χ4n) is 3.71. The molecule has 0 bridgehead atoms. The van der Waals surface area contributed by atoms with Gasteiger partial charge in [-0.3, -0.25) is 4.79 Å². The normalized spacial score (nSPS) is 18.7. The number of carbonyl (C=O) groups excluding carboxylic acids is 2. The minimum absolute atomic E-state index is 0.00437. The topological polar surface area (TPSA) is 43.4 Å². The quantitative estimate of drug-likeness (QED) is 0.262. The Labute approximate surface area is 181 Å². The van der Waals surface area contributed by atoms with E-state index in [1.54, 1.807) is 13.8 Å². The van der Waals surface area contributed by atoms with Crippen LogP contribution in [0.4, 0.5) is 0 Å². The van der Waals surface area contributed by atoms with Gasteiger partial charge in [0.1, 0.15) is 0 Å². The van der Waals surface area contributed by atoms with E-state index in [0.29, 0.717) is 12.0 Å². The molecule has 1 rings (SSSR count). The zero-order valence-electron chi connectivity index (χ0n) is 19.4. The Morgan fingerprint density at radius 3 is 2.20 bits per heavy atom. The predicted octanol–water partition coefficient (Wildman–Crippen LogP) is 5.51. The van der Waals surface area contributed by atoms with Gasteiger partial charge in [-0.2, -0.15) is 0 Å². The second-order valence-electron chi connectivity index (χ2n) is 8.10. The molecule has 3 heteroatoms. The Hall–Kier alpha value is -3.04. The number of rotatable bonds is 5. The number of esters is 1. The molecule has 0 aromatic carbocycles. The van der Waals surface area contributed by atoms with Gasteiger partial charge in [-0.1, -0.05) is 61.6 Å². The van der Waals surface area contributed by atoms with Crippen LogP contribution in [0.25, 0.3) is 0 Å². The first kappa shape index (κ1) is 25.0. The number of ether oxygens (including phenoxy) is 1. The fraction of sp³-hybridized carbons (Fsp3) is 0.407. The first-order valence-corrected chi connectivity index (χ1v) is 9.96. The molecule has 1 aliphatic rings. The van der Waals surface area contributed by atoms with Gasteiger partial charge in [-0.25, -0.2) is 4.79 Å². The lowest BCUT2D eigenvalue weighted by atomic mass is 9.61. The van der Waals surface area contributed by atoms with Crippen LogP contribution in [0.15, 0.2) is 58.7 Å². The van der Waals surface area contributed by atoms with E-state index < -0.39 is 5.41 Å². The third kappa shape index (κ3) is 6.23. The van der Waals surface area contributed by atoms with Crippen molar-refractivity contribution in [1.82, 2.24) is 0 Å². The monoisotopic (exact) mass is 404 g/mol. The van der Waals surface area contributed by atoms with Gasteiger partial charge < -0.3 is 4.74 Å². The zero-order valence-corrected chi connectivity index (χ0v) is 19.4. The summed E-state index contributed by atoms with van der Waals surface area (Å²) in [5.74, 6) is 11.6. The third-order valence-electron chi connectivity index (χ3n) is 5.02. The van der Waals surface area contributed by atoms with Crippen molar-refractivity contribution in [2.45, 2.75) is 54.9 Å². The minimum Gasteiger partial charge on any atom is -0.466 e. The van der Waals surface area contributed by atoms with Gasteiger partial charge in [0, 0.05) is 6.08 Å². The maximum atomic E-state index is 13.2. The predicted molar refractivity (Wildman–Crippen MR) is 123 cm³/mol. The number of hydrogen-bond acceptors (Lipinski definition) is 3. The molecule has 30 heavy (non-hydrogen) atoms. The van der Waals surface area contributed by atoms with Gasteiger partial charge in [-0.15, -0.1) is 11.8 Å². The molecule has 3 nitrogen and oxygen atoms in total. The molecule has 0 saturated heterocycles. The molecule has 0 aliphatic heterocycles. The van der Waals surface area contributed by atoms with Gasteiger partial charge in [0.15, 0.2) is 11.2 Å². The number of carbonyl (C=O) groups is 2. The number of allylic oxidation sites excluding steroid dienone is 9.